The smallest absolute Gasteiger partial charge is 0.410 e. The van der Waals surface area contributed by atoms with Crippen LogP contribution in [0.1, 0.15) is 20.8 Å². The molecule has 0 bridgehead atoms. The fourth-order valence-corrected chi connectivity index (χ4v) is 2.91. The predicted molar refractivity (Wildman–Crippen MR) is 90.7 cm³/mol. The van der Waals surface area contributed by atoms with Gasteiger partial charge in [-0.25, -0.2) is 14.8 Å². The Labute approximate surface area is 143 Å². The molecule has 124 valence electrons. The number of anilines is 1. The average Bonchev–Trinajstić information content (AvgIpc) is 2.87. The number of carbonyl (C=O) groups excluding carboxylic acids is 1. The molecule has 1 fully saturated rings. The summed E-state index contributed by atoms with van der Waals surface area (Å²) < 4.78 is 8.26. The van der Waals surface area contributed by atoms with Crippen LogP contribution in [-0.2, 0) is 4.74 Å². The first kappa shape index (κ1) is 16.0. The van der Waals surface area contributed by atoms with Crippen LogP contribution < -0.4 is 4.90 Å². The largest absolute Gasteiger partial charge is 0.444 e. The number of nitrogens with zero attached hydrogens (tertiary/aromatic N) is 5. The van der Waals surface area contributed by atoms with Crippen LogP contribution in [0.2, 0.25) is 0 Å². The van der Waals surface area contributed by atoms with E-state index in [1.807, 2.05) is 31.4 Å². The van der Waals surface area contributed by atoms with Gasteiger partial charge in [0, 0.05) is 38.6 Å². The van der Waals surface area contributed by atoms with Gasteiger partial charge in [0.1, 0.15) is 10.2 Å². The number of hydrogen-bond donors (Lipinski definition) is 0. The number of aromatic nitrogens is 3. The molecule has 8 heteroatoms. The first-order chi connectivity index (χ1) is 10.8. The minimum atomic E-state index is -0.469. The Morgan fingerprint density at radius 2 is 1.91 bits per heavy atom. The summed E-state index contributed by atoms with van der Waals surface area (Å²) in [5.41, 5.74) is 0.342. The second kappa shape index (κ2) is 5.99. The van der Waals surface area contributed by atoms with Gasteiger partial charge in [0.15, 0.2) is 11.5 Å². The third kappa shape index (κ3) is 3.41. The summed E-state index contributed by atoms with van der Waals surface area (Å²) in [4.78, 5) is 24.9. The van der Waals surface area contributed by atoms with Crippen molar-refractivity contribution >= 4 is 33.5 Å². The van der Waals surface area contributed by atoms with Crippen molar-refractivity contribution in [1.29, 1.82) is 0 Å². The van der Waals surface area contributed by atoms with Gasteiger partial charge >= 0.3 is 6.09 Å². The number of ether oxygens (including phenoxy) is 1. The van der Waals surface area contributed by atoms with E-state index in [1.54, 1.807) is 17.3 Å². The fraction of sp³-hybridized carbons (Fsp3) is 0.533. The lowest BCUT2D eigenvalue weighted by molar-refractivity contribution is 0.0240. The fourth-order valence-electron chi connectivity index (χ4n) is 2.53. The highest BCUT2D eigenvalue weighted by Gasteiger charge is 2.27. The molecule has 3 heterocycles. The lowest BCUT2D eigenvalue weighted by Crippen LogP contribution is -2.50. The predicted octanol–water partition coefficient (Wildman–Crippen LogP) is 2.55. The van der Waals surface area contributed by atoms with Crippen molar-refractivity contribution in [3.63, 3.8) is 0 Å². The highest BCUT2D eigenvalue weighted by atomic mass is 79.9. The molecule has 1 aliphatic heterocycles. The molecule has 23 heavy (non-hydrogen) atoms. The Balaban J connectivity index is 1.70. The third-order valence-electron chi connectivity index (χ3n) is 3.60. The molecule has 0 aliphatic carbocycles. The van der Waals surface area contributed by atoms with E-state index in [4.69, 9.17) is 4.74 Å². The minimum absolute atomic E-state index is 0.258. The van der Waals surface area contributed by atoms with Gasteiger partial charge in [-0.2, -0.15) is 0 Å². The van der Waals surface area contributed by atoms with Gasteiger partial charge in [-0.1, -0.05) is 0 Å². The molecule has 1 saturated heterocycles. The van der Waals surface area contributed by atoms with Crippen LogP contribution in [-0.4, -0.2) is 57.1 Å². The molecule has 1 amide bonds. The van der Waals surface area contributed by atoms with Crippen molar-refractivity contribution in [2.24, 2.45) is 0 Å². The van der Waals surface area contributed by atoms with Crippen LogP contribution in [0.4, 0.5) is 10.6 Å². The first-order valence-corrected chi connectivity index (χ1v) is 8.35. The number of rotatable bonds is 1. The number of fused-ring (bicyclic) bond motifs is 1. The third-order valence-corrected chi connectivity index (χ3v) is 4.18. The number of imidazole rings is 1. The second-order valence-corrected chi connectivity index (χ2v) is 7.29. The monoisotopic (exact) mass is 381 g/mol. The summed E-state index contributed by atoms with van der Waals surface area (Å²) in [6, 6.07) is 0. The van der Waals surface area contributed by atoms with E-state index in [9.17, 15) is 4.79 Å². The van der Waals surface area contributed by atoms with Crippen molar-refractivity contribution in [2.75, 3.05) is 31.1 Å². The zero-order chi connectivity index (χ0) is 16.6. The van der Waals surface area contributed by atoms with Crippen LogP contribution >= 0.6 is 15.9 Å². The summed E-state index contributed by atoms with van der Waals surface area (Å²) in [5.74, 6) is 0.835. The molecule has 0 N–H and O–H groups in total. The molecular weight excluding hydrogens is 362 g/mol. The maximum Gasteiger partial charge on any atom is 0.410 e. The second-order valence-electron chi connectivity index (χ2n) is 6.48. The summed E-state index contributed by atoms with van der Waals surface area (Å²) in [5, 5.41) is 0. The molecule has 0 saturated carbocycles. The Hall–Kier alpha value is -1.83. The summed E-state index contributed by atoms with van der Waals surface area (Å²) in [6.07, 6.45) is 5.13. The van der Waals surface area contributed by atoms with Gasteiger partial charge < -0.3 is 14.5 Å². The van der Waals surface area contributed by atoms with E-state index >= 15 is 0 Å². The van der Waals surface area contributed by atoms with Crippen molar-refractivity contribution in [3.8, 4) is 0 Å². The Bertz CT molecular complexity index is 716. The van der Waals surface area contributed by atoms with Crippen LogP contribution in [0.25, 0.3) is 5.65 Å². The number of amides is 1. The molecule has 0 spiro atoms. The maximum absolute atomic E-state index is 12.1. The molecule has 0 radical (unpaired) electrons. The number of carbonyl (C=O) groups is 1. The van der Waals surface area contributed by atoms with Crippen LogP contribution in [0, 0.1) is 0 Å². The van der Waals surface area contributed by atoms with Gasteiger partial charge in [0.25, 0.3) is 0 Å². The van der Waals surface area contributed by atoms with E-state index in [0.717, 1.165) is 16.1 Å². The molecular formula is C15H20BrN5O2. The van der Waals surface area contributed by atoms with Gasteiger partial charge in [-0.15, -0.1) is 0 Å². The zero-order valence-corrected chi connectivity index (χ0v) is 15.1. The van der Waals surface area contributed by atoms with Gasteiger partial charge in [-0.3, -0.25) is 4.40 Å². The van der Waals surface area contributed by atoms with Crippen LogP contribution in [0.5, 0.6) is 0 Å². The maximum atomic E-state index is 12.1. The zero-order valence-electron chi connectivity index (χ0n) is 13.5. The van der Waals surface area contributed by atoms with Crippen LogP contribution in [0.3, 0.4) is 0 Å². The van der Waals surface area contributed by atoms with Crippen molar-refractivity contribution in [1.82, 2.24) is 19.3 Å². The molecule has 0 unspecified atom stereocenters. The summed E-state index contributed by atoms with van der Waals surface area (Å²) in [6.45, 7) is 8.26. The highest BCUT2D eigenvalue weighted by molar-refractivity contribution is 9.10. The number of halogens is 1. The van der Waals surface area contributed by atoms with Gasteiger partial charge in [0.2, 0.25) is 0 Å². The van der Waals surface area contributed by atoms with E-state index in [-0.39, 0.29) is 6.09 Å². The summed E-state index contributed by atoms with van der Waals surface area (Å²) in [7, 11) is 0. The quantitative estimate of drug-likeness (QED) is 0.759. The first-order valence-electron chi connectivity index (χ1n) is 7.55. The van der Waals surface area contributed by atoms with E-state index in [0.29, 0.717) is 26.2 Å². The Morgan fingerprint density at radius 1 is 1.22 bits per heavy atom. The molecule has 0 atom stereocenters. The molecule has 2 aromatic rings. The standard InChI is InChI=1S/C15H20BrN5O2/c1-15(2,3)23-14(22)20-8-6-19(7-9-20)12-13-18-10-11(16)21(13)5-4-17-12/h4-5,10H,6-9H2,1-3H3. The van der Waals surface area contributed by atoms with Crippen molar-refractivity contribution in [3.05, 3.63) is 23.2 Å². The molecule has 0 aromatic carbocycles. The number of piperazine rings is 1. The topological polar surface area (TPSA) is 63.0 Å². The highest BCUT2D eigenvalue weighted by Crippen LogP contribution is 2.22. The molecule has 7 nitrogen and oxygen atoms in total. The minimum Gasteiger partial charge on any atom is -0.444 e. The van der Waals surface area contributed by atoms with Gasteiger partial charge in [-0.05, 0) is 36.7 Å². The SMILES string of the molecule is CC(C)(C)OC(=O)N1CCN(c2nccn3c(Br)cnc23)CC1. The van der Waals surface area contributed by atoms with Crippen molar-refractivity contribution < 1.29 is 9.53 Å². The van der Waals surface area contributed by atoms with E-state index in [2.05, 4.69) is 30.8 Å². The normalized spacial score (nSPS) is 16.0. The molecule has 1 aliphatic rings. The lowest BCUT2D eigenvalue weighted by atomic mass is 10.2. The average molecular weight is 382 g/mol. The Morgan fingerprint density at radius 3 is 2.57 bits per heavy atom. The Kier molecular flexibility index (Phi) is 4.18. The lowest BCUT2D eigenvalue weighted by Gasteiger charge is -2.36. The molecule has 3 rings (SSSR count). The van der Waals surface area contributed by atoms with Gasteiger partial charge in [0.05, 0.1) is 6.20 Å². The van der Waals surface area contributed by atoms with E-state index in [1.165, 1.54) is 0 Å². The molecule has 2 aromatic heterocycles. The number of hydrogen-bond acceptors (Lipinski definition) is 5. The van der Waals surface area contributed by atoms with Crippen LogP contribution in [0.15, 0.2) is 23.2 Å². The van der Waals surface area contributed by atoms with Crippen molar-refractivity contribution in [2.45, 2.75) is 26.4 Å². The summed E-state index contributed by atoms with van der Waals surface area (Å²) >= 11 is 3.47. The van der Waals surface area contributed by atoms with E-state index < -0.39 is 5.60 Å².